The summed E-state index contributed by atoms with van der Waals surface area (Å²) in [5, 5.41) is 6.14. The minimum absolute atomic E-state index is 0.0708. The second kappa shape index (κ2) is 9.26. The van der Waals surface area contributed by atoms with Crippen molar-refractivity contribution in [1.82, 2.24) is 5.43 Å². The lowest BCUT2D eigenvalue weighted by atomic mass is 9.97. The van der Waals surface area contributed by atoms with Crippen LogP contribution in [-0.2, 0) is 4.74 Å². The van der Waals surface area contributed by atoms with Crippen molar-refractivity contribution >= 4 is 17.4 Å². The summed E-state index contributed by atoms with van der Waals surface area (Å²) in [7, 11) is 0. The van der Waals surface area contributed by atoms with E-state index in [2.05, 4.69) is 47.8 Å². The van der Waals surface area contributed by atoms with E-state index in [9.17, 15) is 0 Å². The van der Waals surface area contributed by atoms with E-state index in [1.807, 2.05) is 6.08 Å². The Labute approximate surface area is 116 Å². The van der Waals surface area contributed by atoms with Gasteiger partial charge in [-0.15, -0.1) is 11.7 Å². The highest BCUT2D eigenvalue weighted by Crippen LogP contribution is 2.22. The largest absolute Gasteiger partial charge is 0.354 e. The third-order valence-corrected chi connectivity index (χ3v) is 3.27. The third kappa shape index (κ3) is 6.29. The summed E-state index contributed by atoms with van der Waals surface area (Å²) in [6, 6.07) is 0. The number of isothiocyanates is 1. The van der Waals surface area contributed by atoms with Crippen LogP contribution in [0.15, 0.2) is 17.8 Å². The van der Waals surface area contributed by atoms with Crippen LogP contribution in [0.4, 0.5) is 0 Å². The van der Waals surface area contributed by atoms with Gasteiger partial charge in [0.2, 0.25) is 0 Å². The molecule has 0 aromatic heterocycles. The summed E-state index contributed by atoms with van der Waals surface area (Å²) in [5.41, 5.74) is 2.95. The normalized spacial score (nSPS) is 19.6. The van der Waals surface area contributed by atoms with Crippen LogP contribution in [0.25, 0.3) is 0 Å². The van der Waals surface area contributed by atoms with Crippen molar-refractivity contribution in [3.05, 3.63) is 19.1 Å². The number of hydrazone groups is 1. The standard InChI is InChI=1S/C14H23N2OS/c1-3-7-12(2)10-14(16-15-11-18)17-13-8-5-4-6-9-13/h3-4,12-14,16H,1,5-10H2,2H3. The van der Waals surface area contributed by atoms with Crippen molar-refractivity contribution in [2.75, 3.05) is 0 Å². The first-order valence-electron chi connectivity index (χ1n) is 6.66. The number of rotatable bonds is 8. The van der Waals surface area contributed by atoms with Crippen molar-refractivity contribution in [3.63, 3.8) is 0 Å². The molecule has 0 aromatic carbocycles. The van der Waals surface area contributed by atoms with Crippen molar-refractivity contribution < 1.29 is 4.74 Å². The molecule has 0 amide bonds. The molecule has 1 aliphatic rings. The van der Waals surface area contributed by atoms with Crippen LogP contribution < -0.4 is 5.43 Å². The van der Waals surface area contributed by atoms with Crippen LogP contribution in [0.2, 0.25) is 0 Å². The SMILES string of the molecule is C=CCC(C)CC(NN=C=S)OC1CC[CH]CC1. The fourth-order valence-corrected chi connectivity index (χ4v) is 2.30. The molecule has 101 valence electrons. The van der Waals surface area contributed by atoms with Gasteiger partial charge in [-0.2, -0.15) is 0 Å². The highest BCUT2D eigenvalue weighted by molar-refractivity contribution is 7.78. The van der Waals surface area contributed by atoms with Crippen molar-refractivity contribution in [2.24, 2.45) is 11.0 Å². The van der Waals surface area contributed by atoms with E-state index in [1.54, 1.807) is 0 Å². The highest BCUT2D eigenvalue weighted by Gasteiger charge is 2.20. The van der Waals surface area contributed by atoms with E-state index in [-0.39, 0.29) is 6.23 Å². The predicted molar refractivity (Wildman–Crippen MR) is 78.2 cm³/mol. The van der Waals surface area contributed by atoms with Gasteiger partial charge in [-0.05, 0) is 63.1 Å². The minimum Gasteiger partial charge on any atom is -0.354 e. The van der Waals surface area contributed by atoms with Gasteiger partial charge in [0.15, 0.2) is 0 Å². The summed E-state index contributed by atoms with van der Waals surface area (Å²) < 4.78 is 6.07. The molecular weight excluding hydrogens is 244 g/mol. The zero-order valence-corrected chi connectivity index (χ0v) is 11.9. The van der Waals surface area contributed by atoms with E-state index in [4.69, 9.17) is 4.74 Å². The van der Waals surface area contributed by atoms with Crippen molar-refractivity contribution in [1.29, 1.82) is 0 Å². The number of nitrogens with one attached hydrogen (secondary N) is 1. The maximum Gasteiger partial charge on any atom is 0.144 e. The molecule has 1 aliphatic carbocycles. The van der Waals surface area contributed by atoms with E-state index < -0.39 is 0 Å². The average molecular weight is 267 g/mol. The Morgan fingerprint density at radius 2 is 2.33 bits per heavy atom. The molecule has 0 bridgehead atoms. The van der Waals surface area contributed by atoms with E-state index in [0.717, 1.165) is 38.5 Å². The summed E-state index contributed by atoms with van der Waals surface area (Å²) in [6.45, 7) is 5.96. The fraction of sp³-hybridized carbons (Fsp3) is 0.714. The zero-order chi connectivity index (χ0) is 13.2. The van der Waals surface area contributed by atoms with Gasteiger partial charge in [0.25, 0.3) is 0 Å². The van der Waals surface area contributed by atoms with Gasteiger partial charge in [-0.3, -0.25) is 5.43 Å². The lowest BCUT2D eigenvalue weighted by Gasteiger charge is -2.28. The molecule has 1 radical (unpaired) electrons. The van der Waals surface area contributed by atoms with Crippen LogP contribution in [-0.4, -0.2) is 17.5 Å². The average Bonchev–Trinajstić information content (AvgIpc) is 2.37. The maximum absolute atomic E-state index is 6.07. The topological polar surface area (TPSA) is 33.6 Å². The Balaban J connectivity index is 2.42. The van der Waals surface area contributed by atoms with Gasteiger partial charge < -0.3 is 4.74 Å². The van der Waals surface area contributed by atoms with Gasteiger partial charge in [-0.1, -0.05) is 13.0 Å². The second-order valence-electron chi connectivity index (χ2n) is 4.89. The van der Waals surface area contributed by atoms with Crippen LogP contribution in [0.3, 0.4) is 0 Å². The summed E-state index contributed by atoms with van der Waals surface area (Å²) >= 11 is 4.58. The molecule has 1 rings (SSSR count). The van der Waals surface area contributed by atoms with E-state index in [0.29, 0.717) is 12.0 Å². The monoisotopic (exact) mass is 267 g/mol. The lowest BCUT2D eigenvalue weighted by molar-refractivity contribution is -0.0510. The molecule has 1 N–H and O–H groups in total. The summed E-state index contributed by atoms with van der Waals surface area (Å²) in [4.78, 5) is 0. The fourth-order valence-electron chi connectivity index (χ4n) is 2.25. The first-order chi connectivity index (χ1) is 8.76. The molecule has 0 aliphatic heterocycles. The second-order valence-corrected chi connectivity index (χ2v) is 5.07. The van der Waals surface area contributed by atoms with Gasteiger partial charge in [0.1, 0.15) is 6.23 Å². The number of ether oxygens (including phenoxy) is 1. The first kappa shape index (κ1) is 15.4. The van der Waals surface area contributed by atoms with E-state index >= 15 is 0 Å². The third-order valence-electron chi connectivity index (χ3n) is 3.18. The Morgan fingerprint density at radius 1 is 1.61 bits per heavy atom. The number of nitrogens with zero attached hydrogens (tertiary/aromatic N) is 1. The first-order valence-corrected chi connectivity index (χ1v) is 7.07. The van der Waals surface area contributed by atoms with Crippen LogP contribution in [0.5, 0.6) is 0 Å². The molecule has 2 atom stereocenters. The maximum atomic E-state index is 6.07. The molecule has 0 aromatic rings. The molecule has 0 heterocycles. The molecule has 1 fully saturated rings. The molecular formula is C14H23N2OS. The predicted octanol–water partition coefficient (Wildman–Crippen LogP) is 3.69. The summed E-state index contributed by atoms with van der Waals surface area (Å²) in [5.74, 6) is 0.524. The highest BCUT2D eigenvalue weighted by atomic mass is 32.1. The van der Waals surface area contributed by atoms with Gasteiger partial charge >= 0.3 is 0 Å². The number of hydrogen-bond acceptors (Lipinski definition) is 4. The number of hydrogen-bond donors (Lipinski definition) is 1. The smallest absolute Gasteiger partial charge is 0.144 e. The van der Waals surface area contributed by atoms with Crippen LogP contribution in [0.1, 0.15) is 45.4 Å². The molecule has 2 unspecified atom stereocenters. The van der Waals surface area contributed by atoms with Gasteiger partial charge in [0, 0.05) is 0 Å². The van der Waals surface area contributed by atoms with Crippen molar-refractivity contribution in [3.8, 4) is 0 Å². The molecule has 1 saturated carbocycles. The summed E-state index contributed by atoms with van der Waals surface area (Å²) in [6.07, 6.45) is 10.9. The van der Waals surface area contributed by atoms with Gasteiger partial charge in [-0.25, -0.2) is 0 Å². The van der Waals surface area contributed by atoms with Gasteiger partial charge in [0.05, 0.1) is 11.3 Å². The van der Waals surface area contributed by atoms with E-state index in [1.165, 1.54) is 0 Å². The minimum atomic E-state index is -0.0708. The number of thiocarbonyl (C=S) groups is 1. The molecule has 0 spiro atoms. The zero-order valence-electron chi connectivity index (χ0n) is 11.1. The lowest BCUT2D eigenvalue weighted by Crippen LogP contribution is -2.34. The van der Waals surface area contributed by atoms with Crippen molar-refractivity contribution in [2.45, 2.75) is 57.8 Å². The molecule has 4 heteroatoms. The number of allylic oxidation sites excluding steroid dienone is 1. The Bertz CT molecular complexity index is 284. The Kier molecular flexibility index (Phi) is 7.90. The Hall–Kier alpha value is -0.700. The van der Waals surface area contributed by atoms with Crippen LogP contribution in [0, 0.1) is 12.3 Å². The molecule has 0 saturated heterocycles. The molecule has 3 nitrogen and oxygen atoms in total. The molecule has 18 heavy (non-hydrogen) atoms. The quantitative estimate of drug-likeness (QED) is 0.239. The van der Waals surface area contributed by atoms with Crippen LogP contribution >= 0.6 is 12.2 Å². The Morgan fingerprint density at radius 3 is 2.94 bits per heavy atom.